The Morgan fingerprint density at radius 3 is 2.69 bits per heavy atom. The summed E-state index contributed by atoms with van der Waals surface area (Å²) < 4.78 is 5.09. The fourth-order valence-corrected chi connectivity index (χ4v) is 3.78. The van der Waals surface area contributed by atoms with Crippen LogP contribution in [-0.4, -0.2) is 41.9 Å². The van der Waals surface area contributed by atoms with Gasteiger partial charge < -0.3 is 15.4 Å². The number of imide groups is 1. The third kappa shape index (κ3) is 3.38. The number of nitrogens with one attached hydrogen (secondary N) is 2. The molecule has 1 aromatic rings. The molecule has 0 aromatic heterocycles. The van der Waals surface area contributed by atoms with Gasteiger partial charge in [0.15, 0.2) is 0 Å². The van der Waals surface area contributed by atoms with E-state index in [0.717, 1.165) is 35.5 Å². The second kappa shape index (κ2) is 7.35. The van der Waals surface area contributed by atoms with Crippen molar-refractivity contribution in [2.24, 2.45) is 5.92 Å². The topological polar surface area (TPSA) is 87.7 Å². The van der Waals surface area contributed by atoms with Crippen LogP contribution in [0.5, 0.6) is 5.75 Å². The normalized spacial score (nSPS) is 25.3. The lowest BCUT2D eigenvalue weighted by atomic mass is 9.73. The van der Waals surface area contributed by atoms with Crippen LogP contribution in [0.25, 0.3) is 0 Å². The Kier molecular flexibility index (Phi) is 5.15. The molecule has 0 unspecified atom stereocenters. The molecule has 1 aliphatic heterocycles. The van der Waals surface area contributed by atoms with Crippen LogP contribution in [0.4, 0.5) is 4.79 Å². The van der Waals surface area contributed by atoms with E-state index in [1.165, 1.54) is 0 Å². The molecule has 1 aromatic carbocycles. The van der Waals surface area contributed by atoms with Gasteiger partial charge in [-0.15, -0.1) is 0 Å². The Labute approximate surface area is 153 Å². The summed E-state index contributed by atoms with van der Waals surface area (Å²) in [7, 11) is 1.59. The van der Waals surface area contributed by atoms with Crippen molar-refractivity contribution in [3.63, 3.8) is 0 Å². The van der Waals surface area contributed by atoms with Crippen LogP contribution in [0.15, 0.2) is 24.3 Å². The maximum absolute atomic E-state index is 12.8. The van der Waals surface area contributed by atoms with Gasteiger partial charge in [-0.05, 0) is 36.5 Å². The number of benzene rings is 1. The number of rotatable bonds is 5. The van der Waals surface area contributed by atoms with Crippen LogP contribution in [0.2, 0.25) is 0 Å². The third-order valence-electron chi connectivity index (χ3n) is 5.45. The number of hydrogen-bond acceptors (Lipinski definition) is 4. The molecule has 7 heteroatoms. The highest BCUT2D eigenvalue weighted by atomic mass is 16.5. The minimum atomic E-state index is -0.828. The summed E-state index contributed by atoms with van der Waals surface area (Å²) in [4.78, 5) is 38.4. The number of methoxy groups -OCH3 is 1. The molecular weight excluding hydrogens is 334 g/mol. The fraction of sp³-hybridized carbons (Fsp3) is 0.526. The van der Waals surface area contributed by atoms with Crippen molar-refractivity contribution < 1.29 is 19.1 Å². The molecule has 1 saturated heterocycles. The number of urea groups is 1. The molecule has 0 bridgehead atoms. The second-order valence-electron chi connectivity index (χ2n) is 7.06. The van der Waals surface area contributed by atoms with Crippen molar-refractivity contribution in [2.45, 2.75) is 44.7 Å². The third-order valence-corrected chi connectivity index (χ3v) is 5.45. The number of hydrogen-bond donors (Lipinski definition) is 2. The standard InChI is InChI=1S/C19H25N3O4/c1-13-5-3-4-10-19(13)17(24)22(18(25)21-19)12-16(23)20-11-14-6-8-15(26-2)9-7-14/h6-9,13H,3-5,10-12H2,1-2H3,(H,20,23)(H,21,25)/t13-,19+/m0/s1. The van der Waals surface area contributed by atoms with Crippen LogP contribution >= 0.6 is 0 Å². The number of ether oxygens (including phenoxy) is 1. The Morgan fingerprint density at radius 1 is 1.31 bits per heavy atom. The molecule has 0 radical (unpaired) electrons. The lowest BCUT2D eigenvalue weighted by Gasteiger charge is -2.36. The van der Waals surface area contributed by atoms with E-state index in [-0.39, 0.29) is 24.3 Å². The lowest BCUT2D eigenvalue weighted by molar-refractivity contribution is -0.137. The number of amides is 4. The first-order valence-electron chi connectivity index (χ1n) is 9.00. The van der Waals surface area contributed by atoms with Gasteiger partial charge in [-0.3, -0.25) is 14.5 Å². The zero-order valence-electron chi connectivity index (χ0n) is 15.2. The molecule has 140 valence electrons. The zero-order chi connectivity index (χ0) is 18.7. The first-order valence-corrected chi connectivity index (χ1v) is 9.00. The van der Waals surface area contributed by atoms with Gasteiger partial charge in [0.2, 0.25) is 5.91 Å². The molecule has 2 aliphatic rings. The second-order valence-corrected chi connectivity index (χ2v) is 7.06. The molecule has 2 atom stereocenters. The maximum Gasteiger partial charge on any atom is 0.325 e. The van der Waals surface area contributed by atoms with Crippen molar-refractivity contribution in [2.75, 3.05) is 13.7 Å². The Balaban J connectivity index is 1.58. The molecular formula is C19H25N3O4. The Morgan fingerprint density at radius 2 is 2.04 bits per heavy atom. The van der Waals surface area contributed by atoms with Crippen molar-refractivity contribution >= 4 is 17.8 Å². The van der Waals surface area contributed by atoms with Gasteiger partial charge in [0.25, 0.3) is 5.91 Å². The molecule has 7 nitrogen and oxygen atoms in total. The molecule has 3 rings (SSSR count). The minimum absolute atomic E-state index is 0.0834. The van der Waals surface area contributed by atoms with E-state index in [4.69, 9.17) is 4.74 Å². The number of nitrogens with zero attached hydrogens (tertiary/aromatic N) is 1. The zero-order valence-corrected chi connectivity index (χ0v) is 15.2. The molecule has 1 aliphatic carbocycles. The summed E-state index contributed by atoms with van der Waals surface area (Å²) >= 11 is 0. The monoisotopic (exact) mass is 359 g/mol. The summed E-state index contributed by atoms with van der Waals surface area (Å²) in [6, 6.07) is 6.86. The molecule has 1 heterocycles. The summed E-state index contributed by atoms with van der Waals surface area (Å²) in [5.74, 6) is 0.200. The summed E-state index contributed by atoms with van der Waals surface area (Å²) in [6.45, 7) is 2.06. The average molecular weight is 359 g/mol. The van der Waals surface area contributed by atoms with E-state index in [1.54, 1.807) is 7.11 Å². The van der Waals surface area contributed by atoms with Gasteiger partial charge in [-0.25, -0.2) is 4.79 Å². The van der Waals surface area contributed by atoms with E-state index in [9.17, 15) is 14.4 Å². The van der Waals surface area contributed by atoms with Crippen molar-refractivity contribution in [3.8, 4) is 5.75 Å². The minimum Gasteiger partial charge on any atom is -0.497 e. The molecule has 2 fully saturated rings. The Bertz CT molecular complexity index is 703. The van der Waals surface area contributed by atoms with Crippen molar-refractivity contribution in [3.05, 3.63) is 29.8 Å². The van der Waals surface area contributed by atoms with Gasteiger partial charge in [0, 0.05) is 6.54 Å². The summed E-state index contributed by atoms with van der Waals surface area (Å²) in [6.07, 6.45) is 3.52. The maximum atomic E-state index is 12.8. The molecule has 2 N–H and O–H groups in total. The van der Waals surface area contributed by atoms with E-state index in [0.29, 0.717) is 13.0 Å². The first kappa shape index (κ1) is 18.2. The Hall–Kier alpha value is -2.57. The quantitative estimate of drug-likeness (QED) is 0.785. The lowest BCUT2D eigenvalue weighted by Crippen LogP contribution is -2.54. The molecule has 26 heavy (non-hydrogen) atoms. The largest absolute Gasteiger partial charge is 0.497 e. The van der Waals surface area contributed by atoms with E-state index < -0.39 is 11.6 Å². The van der Waals surface area contributed by atoms with Gasteiger partial charge in [-0.2, -0.15) is 0 Å². The number of carbonyl (C=O) groups excluding carboxylic acids is 3. The highest BCUT2D eigenvalue weighted by Gasteiger charge is 2.55. The SMILES string of the molecule is COc1ccc(CNC(=O)CN2C(=O)N[C@@]3(CCCC[C@@H]3C)C2=O)cc1. The van der Waals surface area contributed by atoms with Crippen LogP contribution in [-0.2, 0) is 16.1 Å². The smallest absolute Gasteiger partial charge is 0.325 e. The summed E-state index contributed by atoms with van der Waals surface area (Å²) in [5, 5.41) is 5.61. The van der Waals surface area contributed by atoms with Crippen LogP contribution < -0.4 is 15.4 Å². The van der Waals surface area contributed by atoms with E-state index in [1.807, 2.05) is 31.2 Å². The highest BCUT2D eigenvalue weighted by Crippen LogP contribution is 2.38. The predicted octanol–water partition coefficient (Wildman–Crippen LogP) is 1.81. The van der Waals surface area contributed by atoms with E-state index >= 15 is 0 Å². The van der Waals surface area contributed by atoms with Crippen LogP contribution in [0.1, 0.15) is 38.2 Å². The average Bonchev–Trinajstić information content (AvgIpc) is 2.88. The highest BCUT2D eigenvalue weighted by molar-refractivity contribution is 6.09. The number of carbonyl (C=O) groups is 3. The predicted molar refractivity (Wildman–Crippen MR) is 95.4 cm³/mol. The molecule has 1 saturated carbocycles. The van der Waals surface area contributed by atoms with Crippen molar-refractivity contribution in [1.29, 1.82) is 0 Å². The van der Waals surface area contributed by atoms with Gasteiger partial charge >= 0.3 is 6.03 Å². The first-order chi connectivity index (χ1) is 12.5. The van der Waals surface area contributed by atoms with Gasteiger partial charge in [-0.1, -0.05) is 31.9 Å². The van der Waals surface area contributed by atoms with Crippen LogP contribution in [0.3, 0.4) is 0 Å². The van der Waals surface area contributed by atoms with Gasteiger partial charge in [0.05, 0.1) is 7.11 Å². The van der Waals surface area contributed by atoms with Gasteiger partial charge in [0.1, 0.15) is 17.8 Å². The fourth-order valence-electron chi connectivity index (χ4n) is 3.78. The summed E-state index contributed by atoms with van der Waals surface area (Å²) in [5.41, 5.74) is 0.0831. The molecule has 1 spiro atoms. The molecule has 4 amide bonds. The van der Waals surface area contributed by atoms with Crippen molar-refractivity contribution in [1.82, 2.24) is 15.5 Å². The van der Waals surface area contributed by atoms with E-state index in [2.05, 4.69) is 10.6 Å². The van der Waals surface area contributed by atoms with Crippen LogP contribution in [0, 0.1) is 5.92 Å².